The van der Waals surface area contributed by atoms with Gasteiger partial charge in [-0.2, -0.15) is 0 Å². The molecule has 0 aromatic rings. The van der Waals surface area contributed by atoms with Crippen LogP contribution in [0.4, 0.5) is 0 Å². The average molecular weight is 303 g/mol. The van der Waals surface area contributed by atoms with E-state index in [9.17, 15) is 4.79 Å². The molecule has 2 bridgehead atoms. The number of carbonyl (C=O) groups is 1. The summed E-state index contributed by atoms with van der Waals surface area (Å²) in [7, 11) is 0. The van der Waals surface area contributed by atoms with Crippen LogP contribution in [-0.4, -0.2) is 6.29 Å². The summed E-state index contributed by atoms with van der Waals surface area (Å²) in [6.45, 7) is 9.65. The molecule has 0 aliphatic heterocycles. The van der Waals surface area contributed by atoms with Crippen LogP contribution in [0.2, 0.25) is 0 Å². The van der Waals surface area contributed by atoms with Crippen molar-refractivity contribution in [1.82, 2.24) is 0 Å². The maximum absolute atomic E-state index is 10.9. The molecule has 2 rings (SSSR count). The van der Waals surface area contributed by atoms with Crippen molar-refractivity contribution >= 4 is 6.29 Å². The van der Waals surface area contributed by atoms with Crippen LogP contribution in [0.5, 0.6) is 0 Å². The van der Waals surface area contributed by atoms with Crippen molar-refractivity contribution in [2.45, 2.75) is 79.1 Å². The van der Waals surface area contributed by atoms with Crippen LogP contribution < -0.4 is 0 Å². The average Bonchev–Trinajstić information content (AvgIpc) is 2.82. The Morgan fingerprint density at radius 2 is 1.95 bits per heavy atom. The van der Waals surface area contributed by atoms with Crippen molar-refractivity contribution in [2.75, 3.05) is 0 Å². The lowest BCUT2D eigenvalue weighted by atomic mass is 9.66. The number of unbranched alkanes of at least 4 members (excludes halogenated alkanes) is 3. The molecule has 124 valence electrons. The third-order valence-electron chi connectivity index (χ3n) is 7.01. The Kier molecular flexibility index (Phi) is 5.69. The van der Waals surface area contributed by atoms with Gasteiger partial charge < -0.3 is 0 Å². The molecule has 0 radical (unpaired) electrons. The van der Waals surface area contributed by atoms with E-state index in [1.165, 1.54) is 50.5 Å². The predicted molar refractivity (Wildman–Crippen MR) is 94.8 cm³/mol. The van der Waals surface area contributed by atoms with Crippen LogP contribution in [0.25, 0.3) is 0 Å². The van der Waals surface area contributed by atoms with E-state index >= 15 is 0 Å². The Labute approximate surface area is 137 Å². The summed E-state index contributed by atoms with van der Waals surface area (Å²) < 4.78 is 0. The number of allylic oxidation sites excluding steroid dienone is 4. The van der Waals surface area contributed by atoms with Gasteiger partial charge in [0.1, 0.15) is 6.29 Å². The minimum Gasteiger partial charge on any atom is -0.299 e. The molecule has 0 spiro atoms. The van der Waals surface area contributed by atoms with E-state index in [1.54, 1.807) is 6.08 Å². The number of carbonyl (C=O) groups excluding carboxylic acids is 1. The van der Waals surface area contributed by atoms with E-state index in [2.05, 4.69) is 39.8 Å². The Hall–Kier alpha value is -0.850. The fraction of sp³-hybridized carbons (Fsp3) is 0.762. The van der Waals surface area contributed by atoms with Crippen molar-refractivity contribution in [3.8, 4) is 0 Å². The second-order valence-electron chi connectivity index (χ2n) is 8.26. The highest BCUT2D eigenvalue weighted by molar-refractivity contribution is 5.67. The quantitative estimate of drug-likeness (QED) is 0.229. The van der Waals surface area contributed by atoms with Crippen molar-refractivity contribution in [3.05, 3.63) is 23.8 Å². The van der Waals surface area contributed by atoms with Gasteiger partial charge in [0.05, 0.1) is 0 Å². The van der Waals surface area contributed by atoms with Gasteiger partial charge in [-0.05, 0) is 66.4 Å². The molecule has 0 aromatic carbocycles. The van der Waals surface area contributed by atoms with Gasteiger partial charge in [0.15, 0.2) is 0 Å². The highest BCUT2D eigenvalue weighted by Gasteiger charge is 2.60. The zero-order chi connectivity index (χ0) is 16.2. The van der Waals surface area contributed by atoms with Gasteiger partial charge in [0.25, 0.3) is 0 Å². The molecule has 2 saturated carbocycles. The van der Waals surface area contributed by atoms with E-state index < -0.39 is 0 Å². The first-order chi connectivity index (χ1) is 10.5. The molecular formula is C21H34O. The molecule has 2 aliphatic carbocycles. The van der Waals surface area contributed by atoms with Crippen LogP contribution in [0.3, 0.4) is 0 Å². The topological polar surface area (TPSA) is 17.1 Å². The van der Waals surface area contributed by atoms with Gasteiger partial charge in [0, 0.05) is 0 Å². The minimum absolute atomic E-state index is 0.447. The monoisotopic (exact) mass is 302 g/mol. The summed E-state index contributed by atoms with van der Waals surface area (Å²) >= 11 is 0. The summed E-state index contributed by atoms with van der Waals surface area (Å²) in [5.41, 5.74) is 2.13. The highest BCUT2D eigenvalue weighted by atomic mass is 16.1. The smallest absolute Gasteiger partial charge is 0.143 e. The van der Waals surface area contributed by atoms with Gasteiger partial charge in [-0.15, -0.1) is 0 Å². The first-order valence-corrected chi connectivity index (χ1v) is 9.28. The number of rotatable bonds is 8. The van der Waals surface area contributed by atoms with Crippen LogP contribution in [0, 0.1) is 22.7 Å². The largest absolute Gasteiger partial charge is 0.299 e. The van der Waals surface area contributed by atoms with E-state index in [4.69, 9.17) is 0 Å². The second kappa shape index (κ2) is 7.15. The fourth-order valence-electron chi connectivity index (χ4n) is 4.86. The van der Waals surface area contributed by atoms with Gasteiger partial charge in [0.2, 0.25) is 0 Å². The van der Waals surface area contributed by atoms with Crippen LogP contribution in [-0.2, 0) is 4.79 Å². The molecule has 1 nitrogen and oxygen atoms in total. The molecule has 0 amide bonds. The molecule has 0 saturated heterocycles. The van der Waals surface area contributed by atoms with E-state index in [1.807, 2.05) is 0 Å². The molecule has 0 aromatic heterocycles. The SMILES string of the molecule is CCCCCCC(C=CC1CC2CCC1(C)C2(C)C)=CC=O. The normalized spacial score (nSPS) is 33.7. The fourth-order valence-corrected chi connectivity index (χ4v) is 4.86. The van der Waals surface area contributed by atoms with Gasteiger partial charge in [-0.3, -0.25) is 4.79 Å². The van der Waals surface area contributed by atoms with E-state index in [0.29, 0.717) is 16.7 Å². The lowest BCUT2D eigenvalue weighted by Crippen LogP contribution is -2.31. The number of fused-ring (bicyclic) bond motifs is 2. The Morgan fingerprint density at radius 1 is 1.18 bits per heavy atom. The molecule has 3 atom stereocenters. The van der Waals surface area contributed by atoms with Crippen LogP contribution >= 0.6 is 0 Å². The third-order valence-corrected chi connectivity index (χ3v) is 7.01. The summed E-state index contributed by atoms with van der Waals surface area (Å²) in [6.07, 6.45) is 17.6. The number of hydrogen-bond acceptors (Lipinski definition) is 1. The lowest BCUT2D eigenvalue weighted by molar-refractivity contribution is -0.104. The maximum atomic E-state index is 10.9. The molecule has 1 heteroatoms. The molecule has 0 N–H and O–H groups in total. The number of aldehydes is 1. The van der Waals surface area contributed by atoms with Gasteiger partial charge in [-0.25, -0.2) is 0 Å². The molecular weight excluding hydrogens is 268 g/mol. The van der Waals surface area contributed by atoms with Crippen molar-refractivity contribution < 1.29 is 4.79 Å². The third kappa shape index (κ3) is 3.24. The minimum atomic E-state index is 0.447. The summed E-state index contributed by atoms with van der Waals surface area (Å²) in [5, 5.41) is 0. The molecule has 0 heterocycles. The van der Waals surface area contributed by atoms with Crippen molar-refractivity contribution in [2.24, 2.45) is 22.7 Å². The van der Waals surface area contributed by atoms with E-state index in [0.717, 1.165) is 18.6 Å². The summed E-state index contributed by atoms with van der Waals surface area (Å²) in [4.78, 5) is 10.9. The van der Waals surface area contributed by atoms with Crippen LogP contribution in [0.15, 0.2) is 23.8 Å². The number of hydrogen-bond donors (Lipinski definition) is 0. The zero-order valence-corrected chi connectivity index (χ0v) is 15.0. The van der Waals surface area contributed by atoms with Gasteiger partial charge in [-0.1, -0.05) is 59.1 Å². The molecule has 2 fully saturated rings. The Bertz CT molecular complexity index is 443. The van der Waals surface area contributed by atoms with Gasteiger partial charge >= 0.3 is 0 Å². The highest BCUT2D eigenvalue weighted by Crippen LogP contribution is 2.68. The molecule has 2 aliphatic rings. The summed E-state index contributed by atoms with van der Waals surface area (Å²) in [6, 6.07) is 0. The second-order valence-corrected chi connectivity index (χ2v) is 8.26. The lowest BCUT2D eigenvalue weighted by Gasteiger charge is -2.38. The Balaban J connectivity index is 1.97. The predicted octanol–water partition coefficient (Wildman–Crippen LogP) is 6.10. The van der Waals surface area contributed by atoms with Crippen LogP contribution in [0.1, 0.15) is 79.1 Å². The first kappa shape index (κ1) is 17.5. The van der Waals surface area contributed by atoms with Crippen molar-refractivity contribution in [1.29, 1.82) is 0 Å². The summed E-state index contributed by atoms with van der Waals surface area (Å²) in [5.74, 6) is 1.57. The first-order valence-electron chi connectivity index (χ1n) is 9.28. The zero-order valence-electron chi connectivity index (χ0n) is 15.0. The van der Waals surface area contributed by atoms with Crippen molar-refractivity contribution in [3.63, 3.8) is 0 Å². The molecule has 22 heavy (non-hydrogen) atoms. The standard InChI is InChI=1S/C21H34O/c1-5-6-7-8-9-17(13-15-22)10-11-19-16-18-12-14-21(19,4)20(18,2)3/h10-11,13,15,18-19H,5-9,12,14,16H2,1-4H3. The maximum Gasteiger partial charge on any atom is 0.143 e. The Morgan fingerprint density at radius 3 is 2.50 bits per heavy atom. The van der Waals surface area contributed by atoms with E-state index in [-0.39, 0.29) is 0 Å². The molecule has 3 unspecified atom stereocenters.